The quantitative estimate of drug-likeness (QED) is 0.762. The lowest BCUT2D eigenvalue weighted by atomic mass is 9.97. The van der Waals surface area contributed by atoms with Gasteiger partial charge in [-0.3, -0.25) is 0 Å². The van der Waals surface area contributed by atoms with Crippen LogP contribution in [0.25, 0.3) is 0 Å². The zero-order valence-electron chi connectivity index (χ0n) is 10.8. The third kappa shape index (κ3) is 3.15. The Labute approximate surface area is 129 Å². The molecule has 2 aromatic carbocycles. The number of benzene rings is 2. The Morgan fingerprint density at radius 3 is 2.30 bits per heavy atom. The summed E-state index contributed by atoms with van der Waals surface area (Å²) in [6, 6.07) is 7.31. The lowest BCUT2D eigenvalue weighted by Crippen LogP contribution is -2.25. The maximum atomic E-state index is 14.0. The Balaban J connectivity index is 2.56. The van der Waals surface area contributed by atoms with E-state index < -0.39 is 17.7 Å². The van der Waals surface area contributed by atoms with Gasteiger partial charge < -0.3 is 5.32 Å². The molecule has 0 amide bonds. The van der Waals surface area contributed by atoms with Crippen LogP contribution in [0.15, 0.2) is 36.4 Å². The molecule has 106 valence electrons. The molecule has 5 heteroatoms. The van der Waals surface area contributed by atoms with Crippen LogP contribution in [0.5, 0.6) is 0 Å². The fourth-order valence-corrected chi connectivity index (χ4v) is 2.88. The zero-order chi connectivity index (χ0) is 14.7. The van der Waals surface area contributed by atoms with Crippen molar-refractivity contribution >= 4 is 22.6 Å². The first-order valence-corrected chi connectivity index (χ1v) is 7.24. The average Bonchev–Trinajstić information content (AvgIpc) is 2.38. The molecule has 2 aromatic rings. The van der Waals surface area contributed by atoms with Crippen molar-refractivity contribution < 1.29 is 13.2 Å². The molecule has 1 unspecified atom stereocenters. The highest BCUT2D eigenvalue weighted by atomic mass is 127. The van der Waals surface area contributed by atoms with E-state index in [-0.39, 0.29) is 11.4 Å². The van der Waals surface area contributed by atoms with E-state index in [9.17, 15) is 13.2 Å². The van der Waals surface area contributed by atoms with Crippen molar-refractivity contribution in [1.82, 2.24) is 5.32 Å². The van der Waals surface area contributed by atoms with Gasteiger partial charge in [-0.15, -0.1) is 0 Å². The van der Waals surface area contributed by atoms with E-state index in [2.05, 4.69) is 5.32 Å². The number of rotatable bonds is 4. The highest BCUT2D eigenvalue weighted by Crippen LogP contribution is 2.30. The van der Waals surface area contributed by atoms with Gasteiger partial charge in [0.15, 0.2) is 0 Å². The van der Waals surface area contributed by atoms with E-state index in [1.807, 2.05) is 29.5 Å². The standard InChI is InChI=1S/C15H13F3IN/c1-2-20-15(10-7-6-9(16)8-13(10)19)14-11(17)4-3-5-12(14)18/h3-8,15,20H,2H2,1H3. The van der Waals surface area contributed by atoms with Crippen LogP contribution >= 0.6 is 22.6 Å². The lowest BCUT2D eigenvalue weighted by molar-refractivity contribution is 0.509. The van der Waals surface area contributed by atoms with Crippen molar-refractivity contribution in [3.63, 3.8) is 0 Å². The van der Waals surface area contributed by atoms with Crippen LogP contribution in [0.2, 0.25) is 0 Å². The number of hydrogen-bond acceptors (Lipinski definition) is 1. The Morgan fingerprint density at radius 2 is 1.75 bits per heavy atom. The van der Waals surface area contributed by atoms with Crippen molar-refractivity contribution in [3.05, 3.63) is 68.5 Å². The largest absolute Gasteiger partial charge is 0.306 e. The van der Waals surface area contributed by atoms with Gasteiger partial charge in [0.05, 0.1) is 6.04 Å². The molecule has 0 bridgehead atoms. The van der Waals surface area contributed by atoms with E-state index >= 15 is 0 Å². The Bertz CT molecular complexity index is 596. The van der Waals surface area contributed by atoms with Crippen LogP contribution in [-0.4, -0.2) is 6.54 Å². The molecule has 0 aromatic heterocycles. The second kappa shape index (κ2) is 6.58. The molecule has 1 atom stereocenters. The van der Waals surface area contributed by atoms with E-state index in [1.54, 1.807) is 6.07 Å². The minimum absolute atomic E-state index is 0.0427. The maximum absolute atomic E-state index is 14.0. The molecular formula is C15H13F3IN. The molecule has 0 radical (unpaired) electrons. The molecule has 1 nitrogen and oxygen atoms in total. The van der Waals surface area contributed by atoms with Gasteiger partial charge in [-0.2, -0.15) is 0 Å². The summed E-state index contributed by atoms with van der Waals surface area (Å²) in [7, 11) is 0. The van der Waals surface area contributed by atoms with Gasteiger partial charge in [-0.05, 0) is 59.0 Å². The van der Waals surface area contributed by atoms with Gasteiger partial charge >= 0.3 is 0 Å². The molecule has 0 fully saturated rings. The van der Waals surface area contributed by atoms with E-state index in [4.69, 9.17) is 0 Å². The number of hydrogen-bond donors (Lipinski definition) is 1. The van der Waals surface area contributed by atoms with Gasteiger partial charge in [-0.1, -0.05) is 19.1 Å². The predicted octanol–water partition coefficient (Wildman–Crippen LogP) is 4.41. The summed E-state index contributed by atoms with van der Waals surface area (Å²) in [4.78, 5) is 0. The molecule has 0 aliphatic rings. The molecular weight excluding hydrogens is 378 g/mol. The Kier molecular flexibility index (Phi) is 5.04. The highest BCUT2D eigenvalue weighted by Gasteiger charge is 2.23. The van der Waals surface area contributed by atoms with Gasteiger partial charge in [0, 0.05) is 9.13 Å². The third-order valence-electron chi connectivity index (χ3n) is 2.97. The lowest BCUT2D eigenvalue weighted by Gasteiger charge is -2.21. The topological polar surface area (TPSA) is 12.0 Å². The minimum Gasteiger partial charge on any atom is -0.306 e. The van der Waals surface area contributed by atoms with Crippen LogP contribution in [0.1, 0.15) is 24.1 Å². The first kappa shape index (κ1) is 15.3. The third-order valence-corrected chi connectivity index (χ3v) is 3.90. The normalized spacial score (nSPS) is 12.4. The molecule has 2 rings (SSSR count). The van der Waals surface area contributed by atoms with Crippen LogP contribution < -0.4 is 5.32 Å². The van der Waals surface area contributed by atoms with E-state index in [0.29, 0.717) is 15.7 Å². The Hall–Kier alpha value is -1.08. The first-order valence-electron chi connectivity index (χ1n) is 6.16. The molecule has 0 aliphatic heterocycles. The predicted molar refractivity (Wildman–Crippen MR) is 81.0 cm³/mol. The zero-order valence-corrected chi connectivity index (χ0v) is 12.9. The summed E-state index contributed by atoms with van der Waals surface area (Å²) >= 11 is 1.97. The monoisotopic (exact) mass is 391 g/mol. The van der Waals surface area contributed by atoms with E-state index in [0.717, 1.165) is 0 Å². The van der Waals surface area contributed by atoms with Gasteiger partial charge in [-0.25, -0.2) is 13.2 Å². The molecule has 1 N–H and O–H groups in total. The number of nitrogens with one attached hydrogen (secondary N) is 1. The van der Waals surface area contributed by atoms with Crippen molar-refractivity contribution in [2.75, 3.05) is 6.54 Å². The van der Waals surface area contributed by atoms with Crippen molar-refractivity contribution in [2.45, 2.75) is 13.0 Å². The maximum Gasteiger partial charge on any atom is 0.131 e. The SMILES string of the molecule is CCNC(c1ccc(F)cc1I)c1c(F)cccc1F. The molecule has 0 aliphatic carbocycles. The Morgan fingerprint density at radius 1 is 1.10 bits per heavy atom. The first-order chi connectivity index (χ1) is 9.54. The van der Waals surface area contributed by atoms with Gasteiger partial charge in [0.25, 0.3) is 0 Å². The number of halogens is 4. The summed E-state index contributed by atoms with van der Waals surface area (Å²) in [5, 5.41) is 3.05. The minimum atomic E-state index is -0.645. The highest BCUT2D eigenvalue weighted by molar-refractivity contribution is 14.1. The summed E-state index contributed by atoms with van der Waals surface area (Å²) in [6.07, 6.45) is 0. The fraction of sp³-hybridized carbons (Fsp3) is 0.200. The second-order valence-electron chi connectivity index (χ2n) is 4.29. The van der Waals surface area contributed by atoms with Crippen molar-refractivity contribution in [2.24, 2.45) is 0 Å². The molecule has 0 heterocycles. The molecule has 0 saturated carbocycles. The van der Waals surface area contributed by atoms with Crippen molar-refractivity contribution in [3.8, 4) is 0 Å². The van der Waals surface area contributed by atoms with Crippen LogP contribution in [0, 0.1) is 21.0 Å². The second-order valence-corrected chi connectivity index (χ2v) is 5.45. The van der Waals surface area contributed by atoms with Crippen LogP contribution in [-0.2, 0) is 0 Å². The van der Waals surface area contributed by atoms with Crippen LogP contribution in [0.3, 0.4) is 0 Å². The molecule has 20 heavy (non-hydrogen) atoms. The van der Waals surface area contributed by atoms with Gasteiger partial charge in [0.1, 0.15) is 17.5 Å². The smallest absolute Gasteiger partial charge is 0.131 e. The average molecular weight is 391 g/mol. The summed E-state index contributed by atoms with van der Waals surface area (Å²) < 4.78 is 41.7. The van der Waals surface area contributed by atoms with E-state index in [1.165, 1.54) is 30.3 Å². The summed E-state index contributed by atoms with van der Waals surface area (Å²) in [5.74, 6) is -1.60. The fourth-order valence-electron chi connectivity index (χ4n) is 2.09. The van der Waals surface area contributed by atoms with Crippen LogP contribution in [0.4, 0.5) is 13.2 Å². The molecule has 0 saturated heterocycles. The van der Waals surface area contributed by atoms with Gasteiger partial charge in [0.2, 0.25) is 0 Å². The molecule has 0 spiro atoms. The summed E-state index contributed by atoms with van der Waals surface area (Å²) in [5.41, 5.74) is 0.608. The van der Waals surface area contributed by atoms with Crippen molar-refractivity contribution in [1.29, 1.82) is 0 Å². The summed E-state index contributed by atoms with van der Waals surface area (Å²) in [6.45, 7) is 2.38.